The fraction of sp³-hybridized carbons (Fsp3) is 0.158. The van der Waals surface area contributed by atoms with E-state index in [-0.39, 0.29) is 0 Å². The molecule has 0 amide bonds. The normalized spacial score (nSPS) is 12.2. The van der Waals surface area contributed by atoms with Gasteiger partial charge in [-0.25, -0.2) is 0 Å². The monoisotopic (exact) mass is 246 g/mol. The van der Waals surface area contributed by atoms with Gasteiger partial charge in [-0.15, -0.1) is 12.3 Å². The maximum absolute atomic E-state index is 5.39. The van der Waals surface area contributed by atoms with E-state index < -0.39 is 0 Å². The average Bonchev–Trinajstić information content (AvgIpc) is 2.49. The van der Waals surface area contributed by atoms with Gasteiger partial charge in [0, 0.05) is 12.3 Å². The van der Waals surface area contributed by atoms with Crippen molar-refractivity contribution in [2.24, 2.45) is 0 Å². The molecule has 0 fully saturated rings. The lowest BCUT2D eigenvalue weighted by atomic mass is 9.93. The van der Waals surface area contributed by atoms with Gasteiger partial charge in [0.1, 0.15) is 0 Å². The molecule has 0 nitrogen and oxygen atoms in total. The maximum Gasteiger partial charge on any atom is 0.00948 e. The zero-order valence-corrected chi connectivity index (χ0v) is 11.0. The number of hydrogen-bond acceptors (Lipinski definition) is 0. The van der Waals surface area contributed by atoms with Crippen molar-refractivity contribution >= 4 is 6.08 Å². The first-order valence-electron chi connectivity index (χ1n) is 6.62. The van der Waals surface area contributed by atoms with E-state index in [1.54, 1.807) is 0 Å². The van der Waals surface area contributed by atoms with E-state index >= 15 is 0 Å². The third-order valence-electron chi connectivity index (χ3n) is 3.15. The second-order valence-corrected chi connectivity index (χ2v) is 4.53. The van der Waals surface area contributed by atoms with Crippen LogP contribution in [0.5, 0.6) is 0 Å². The molecular formula is C19H18. The largest absolute Gasteiger partial charge is 0.120 e. The smallest absolute Gasteiger partial charge is 0.00948 e. The van der Waals surface area contributed by atoms with Gasteiger partial charge in [0.15, 0.2) is 0 Å². The van der Waals surface area contributed by atoms with Crippen LogP contribution in [0.3, 0.4) is 0 Å². The highest BCUT2D eigenvalue weighted by Crippen LogP contribution is 2.23. The van der Waals surface area contributed by atoms with Crippen LogP contribution in [-0.4, -0.2) is 0 Å². The Morgan fingerprint density at radius 3 is 2.21 bits per heavy atom. The Labute approximate surface area is 115 Å². The highest BCUT2D eigenvalue weighted by molar-refractivity contribution is 5.50. The summed E-state index contributed by atoms with van der Waals surface area (Å²) in [6, 6.07) is 20.9. The predicted octanol–water partition coefficient (Wildman–Crippen LogP) is 4.90. The summed E-state index contributed by atoms with van der Waals surface area (Å²) in [5, 5.41) is 0. The van der Waals surface area contributed by atoms with Gasteiger partial charge in [-0.1, -0.05) is 72.8 Å². The zero-order valence-electron chi connectivity index (χ0n) is 11.0. The van der Waals surface area contributed by atoms with Crippen molar-refractivity contribution in [3.8, 4) is 12.3 Å². The van der Waals surface area contributed by atoms with Crippen LogP contribution < -0.4 is 0 Å². The molecule has 19 heavy (non-hydrogen) atoms. The van der Waals surface area contributed by atoms with Crippen LogP contribution in [0.15, 0.2) is 66.7 Å². The van der Waals surface area contributed by atoms with E-state index in [1.807, 2.05) is 12.1 Å². The Hall–Kier alpha value is -2.26. The van der Waals surface area contributed by atoms with Crippen molar-refractivity contribution in [2.45, 2.75) is 18.8 Å². The van der Waals surface area contributed by atoms with Crippen LogP contribution in [0.1, 0.15) is 29.9 Å². The molecule has 0 spiro atoms. The minimum absolute atomic E-state index is 0.387. The standard InChI is InChI=1S/C19H18/c1-2-3-12-19(18-13-8-5-9-14-18)16-15-17-10-6-4-7-11-17/h1,4-11,13-16,19H,3,12H2. The first kappa shape index (κ1) is 13.2. The quantitative estimate of drug-likeness (QED) is 0.658. The van der Waals surface area contributed by atoms with Crippen LogP contribution in [0, 0.1) is 12.3 Å². The van der Waals surface area contributed by atoms with Gasteiger partial charge in [-0.2, -0.15) is 0 Å². The van der Waals surface area contributed by atoms with Gasteiger partial charge in [-0.3, -0.25) is 0 Å². The van der Waals surface area contributed by atoms with Crippen LogP contribution in [-0.2, 0) is 0 Å². The number of terminal acetylenes is 1. The van der Waals surface area contributed by atoms with E-state index in [9.17, 15) is 0 Å². The molecular weight excluding hydrogens is 228 g/mol. The minimum atomic E-state index is 0.387. The third-order valence-corrected chi connectivity index (χ3v) is 3.15. The molecule has 0 heteroatoms. The Balaban J connectivity index is 2.15. The summed E-state index contributed by atoms with van der Waals surface area (Å²) in [5.41, 5.74) is 2.55. The molecule has 94 valence electrons. The summed E-state index contributed by atoms with van der Waals surface area (Å²) < 4.78 is 0. The summed E-state index contributed by atoms with van der Waals surface area (Å²) in [6.45, 7) is 0. The Bertz CT molecular complexity index is 544. The van der Waals surface area contributed by atoms with Crippen LogP contribution in [0.2, 0.25) is 0 Å². The molecule has 0 heterocycles. The molecule has 1 unspecified atom stereocenters. The van der Waals surface area contributed by atoms with Gasteiger partial charge >= 0.3 is 0 Å². The highest BCUT2D eigenvalue weighted by Gasteiger charge is 2.06. The fourth-order valence-electron chi connectivity index (χ4n) is 2.10. The molecule has 0 bridgehead atoms. The molecule has 0 aliphatic rings. The first-order chi connectivity index (χ1) is 9.40. The molecule has 0 aromatic heterocycles. The number of hydrogen-bond donors (Lipinski definition) is 0. The molecule has 0 aliphatic heterocycles. The van der Waals surface area contributed by atoms with Crippen molar-refractivity contribution in [2.75, 3.05) is 0 Å². The summed E-state index contributed by atoms with van der Waals surface area (Å²) >= 11 is 0. The second-order valence-electron chi connectivity index (χ2n) is 4.53. The van der Waals surface area contributed by atoms with Gasteiger partial charge in [0.25, 0.3) is 0 Å². The van der Waals surface area contributed by atoms with Crippen LogP contribution in [0.25, 0.3) is 6.08 Å². The van der Waals surface area contributed by atoms with E-state index in [0.717, 1.165) is 12.8 Å². The van der Waals surface area contributed by atoms with Crippen molar-refractivity contribution in [1.82, 2.24) is 0 Å². The Kier molecular flexibility index (Phi) is 5.02. The number of rotatable bonds is 5. The second kappa shape index (κ2) is 7.24. The lowest BCUT2D eigenvalue weighted by Gasteiger charge is -2.11. The fourth-order valence-corrected chi connectivity index (χ4v) is 2.10. The molecule has 0 N–H and O–H groups in total. The lowest BCUT2D eigenvalue weighted by molar-refractivity contribution is 0.763. The molecule has 2 rings (SSSR count). The summed E-state index contributed by atoms with van der Waals surface area (Å²) in [4.78, 5) is 0. The van der Waals surface area contributed by atoms with Gasteiger partial charge in [0.2, 0.25) is 0 Å². The number of allylic oxidation sites excluding steroid dienone is 1. The first-order valence-corrected chi connectivity index (χ1v) is 6.62. The minimum Gasteiger partial charge on any atom is -0.120 e. The average molecular weight is 246 g/mol. The van der Waals surface area contributed by atoms with Crippen molar-refractivity contribution in [3.05, 3.63) is 77.9 Å². The summed E-state index contributed by atoms with van der Waals surface area (Å²) in [6.07, 6.45) is 11.6. The predicted molar refractivity (Wildman–Crippen MR) is 82.7 cm³/mol. The van der Waals surface area contributed by atoms with Crippen molar-refractivity contribution in [1.29, 1.82) is 0 Å². The van der Waals surface area contributed by atoms with Crippen LogP contribution >= 0.6 is 0 Å². The topological polar surface area (TPSA) is 0 Å². The molecule has 2 aromatic rings. The molecule has 0 aliphatic carbocycles. The van der Waals surface area contributed by atoms with Gasteiger partial charge < -0.3 is 0 Å². The van der Waals surface area contributed by atoms with Crippen molar-refractivity contribution < 1.29 is 0 Å². The van der Waals surface area contributed by atoms with Gasteiger partial charge in [-0.05, 0) is 17.5 Å². The van der Waals surface area contributed by atoms with E-state index in [1.165, 1.54) is 11.1 Å². The molecule has 0 saturated heterocycles. The molecule has 1 atom stereocenters. The summed E-state index contributed by atoms with van der Waals surface area (Å²) in [5.74, 6) is 3.12. The zero-order chi connectivity index (χ0) is 13.3. The summed E-state index contributed by atoms with van der Waals surface area (Å²) in [7, 11) is 0. The van der Waals surface area contributed by atoms with Crippen molar-refractivity contribution in [3.63, 3.8) is 0 Å². The Morgan fingerprint density at radius 2 is 1.58 bits per heavy atom. The highest BCUT2D eigenvalue weighted by atomic mass is 14.1. The van der Waals surface area contributed by atoms with E-state index in [2.05, 4.69) is 66.6 Å². The van der Waals surface area contributed by atoms with Crippen LogP contribution in [0.4, 0.5) is 0 Å². The molecule has 2 aromatic carbocycles. The maximum atomic E-state index is 5.39. The van der Waals surface area contributed by atoms with E-state index in [4.69, 9.17) is 6.42 Å². The number of benzene rings is 2. The Morgan fingerprint density at radius 1 is 0.947 bits per heavy atom. The van der Waals surface area contributed by atoms with Gasteiger partial charge in [0.05, 0.1) is 0 Å². The van der Waals surface area contributed by atoms with E-state index in [0.29, 0.717) is 5.92 Å². The third kappa shape index (κ3) is 4.16. The SMILES string of the molecule is C#CCCC(C=Cc1ccccc1)c1ccccc1. The lowest BCUT2D eigenvalue weighted by Crippen LogP contribution is -1.94. The molecule has 0 radical (unpaired) electrons. The molecule has 0 saturated carbocycles.